The molecule has 0 aliphatic rings. The Morgan fingerprint density at radius 1 is 0.950 bits per heavy atom. The Morgan fingerprint density at radius 3 is 1.75 bits per heavy atom. The molecule has 0 saturated carbocycles. The van der Waals surface area contributed by atoms with Crippen molar-refractivity contribution < 1.29 is 10.9 Å². The fourth-order valence-electron chi connectivity index (χ4n) is 2.33. The zero-order valence-corrected chi connectivity index (χ0v) is 14.1. The lowest BCUT2D eigenvalue weighted by Gasteiger charge is -2.06. The van der Waals surface area contributed by atoms with Crippen LogP contribution >= 0.6 is 11.6 Å². The third-order valence-corrected chi connectivity index (χ3v) is 4.00. The summed E-state index contributed by atoms with van der Waals surface area (Å²) in [6.45, 7) is 2.25. The van der Waals surface area contributed by atoms with Crippen LogP contribution in [0.15, 0.2) is 0 Å². The third-order valence-electron chi connectivity index (χ3n) is 3.66. The second kappa shape index (κ2) is 15.2. The van der Waals surface area contributed by atoms with Crippen LogP contribution in [0.2, 0.25) is 0 Å². The molecule has 3 heteroatoms. The van der Waals surface area contributed by atoms with Crippen molar-refractivity contribution in [2.75, 3.05) is 7.11 Å². The molecule has 0 heterocycles. The number of hydrogen-bond donors (Lipinski definition) is 0. The van der Waals surface area contributed by atoms with Crippen LogP contribution in [0.1, 0.15) is 91.8 Å². The lowest BCUT2D eigenvalue weighted by atomic mass is 10.0. The van der Waals surface area contributed by atoms with Crippen LogP contribution in [-0.4, -0.2) is 18.4 Å². The number of ether oxygens (including phenoxy) is 1. The van der Waals surface area contributed by atoms with E-state index in [1.54, 1.807) is 0 Å². The Bertz CT molecular complexity index is 257. The van der Waals surface area contributed by atoms with Crippen molar-refractivity contribution in [2.24, 2.45) is 0 Å². The quantitative estimate of drug-likeness (QED) is 0.228. The third kappa shape index (κ3) is 12.8. The van der Waals surface area contributed by atoms with E-state index in [2.05, 4.69) is 11.7 Å². The van der Waals surface area contributed by atoms with Crippen molar-refractivity contribution in [3.63, 3.8) is 0 Å². The summed E-state index contributed by atoms with van der Waals surface area (Å²) in [5.74, 6) is -0.646. The fraction of sp³-hybridized carbons (Fsp3) is 0.941. The summed E-state index contributed by atoms with van der Waals surface area (Å²) in [7, 11) is 1.27. The number of alkyl halides is 1. The number of carbonyl (C=O) groups is 1. The minimum Gasteiger partial charge on any atom is -0.468 e. The van der Waals surface area contributed by atoms with Crippen molar-refractivity contribution in [3.8, 4) is 0 Å². The fourth-order valence-corrected chi connectivity index (χ4v) is 2.54. The summed E-state index contributed by atoms with van der Waals surface area (Å²) in [6.07, 6.45) is 15.5. The van der Waals surface area contributed by atoms with Gasteiger partial charge in [-0.05, 0) is 6.42 Å². The number of methoxy groups -OCH3 is 1. The molecule has 0 rings (SSSR count). The van der Waals surface area contributed by atoms with Gasteiger partial charge in [0.05, 0.1) is 8.48 Å². The molecular weight excluding hydrogens is 272 g/mol. The average molecular weight is 306 g/mol. The van der Waals surface area contributed by atoms with E-state index in [1.807, 2.05) is 0 Å². The van der Waals surface area contributed by atoms with Crippen LogP contribution in [0.5, 0.6) is 0 Å². The summed E-state index contributed by atoms with van der Waals surface area (Å²) in [5, 5.41) is -1.59. The van der Waals surface area contributed by atoms with Gasteiger partial charge < -0.3 is 4.74 Å². The van der Waals surface area contributed by atoms with Gasteiger partial charge in [-0.3, -0.25) is 4.79 Å². The van der Waals surface area contributed by atoms with Crippen molar-refractivity contribution in [1.29, 1.82) is 0 Å². The lowest BCUT2D eigenvalue weighted by Crippen LogP contribution is -2.15. The Labute approximate surface area is 132 Å². The van der Waals surface area contributed by atoms with Gasteiger partial charge in [0.2, 0.25) is 0 Å². The molecule has 0 amide bonds. The van der Waals surface area contributed by atoms with Gasteiger partial charge >= 0.3 is 5.97 Å². The molecule has 2 nitrogen and oxygen atoms in total. The Kier molecular flexibility index (Phi) is 13.5. The highest BCUT2D eigenvalue weighted by Gasteiger charge is 2.14. The number of unbranched alkanes of at least 4 members (excludes halogenated alkanes) is 11. The smallest absolute Gasteiger partial charge is 0.323 e. The van der Waals surface area contributed by atoms with Gasteiger partial charge in [-0.15, -0.1) is 11.6 Å². The van der Waals surface area contributed by atoms with Crippen molar-refractivity contribution in [3.05, 3.63) is 0 Å². The van der Waals surface area contributed by atoms with Crippen LogP contribution in [-0.2, 0) is 9.53 Å². The number of hydrogen-bond acceptors (Lipinski definition) is 2. The molecule has 1 atom stereocenters. The molecule has 1 unspecified atom stereocenters. The molecule has 120 valence electrons. The van der Waals surface area contributed by atoms with Crippen molar-refractivity contribution >= 4 is 17.6 Å². The summed E-state index contributed by atoms with van der Waals surface area (Å²) in [4.78, 5) is 11.2. The topological polar surface area (TPSA) is 26.3 Å². The molecule has 0 aromatic heterocycles. The predicted octanol–water partition coefficient (Wildman–Crippen LogP) is 5.86. The van der Waals surface area contributed by atoms with E-state index in [-0.39, 0.29) is 0 Å². The molecule has 0 saturated heterocycles. The number of halogens is 1. The number of esters is 1. The summed E-state index contributed by atoms with van der Waals surface area (Å²) >= 11 is 5.81. The van der Waals surface area contributed by atoms with Gasteiger partial charge in [0, 0.05) is 0 Å². The van der Waals surface area contributed by atoms with Crippen LogP contribution in [0, 0.1) is 0 Å². The van der Waals surface area contributed by atoms with E-state index in [0.29, 0.717) is 6.42 Å². The van der Waals surface area contributed by atoms with Crippen LogP contribution in [0.25, 0.3) is 0 Å². The summed E-state index contributed by atoms with van der Waals surface area (Å²) < 4.78 is 12.2. The highest BCUT2D eigenvalue weighted by atomic mass is 35.5. The molecule has 20 heavy (non-hydrogen) atoms. The zero-order chi connectivity index (χ0) is 16.0. The first-order valence-electron chi connectivity index (χ1n) is 8.82. The maximum absolute atomic E-state index is 11.2. The van der Waals surface area contributed by atoms with Crippen molar-refractivity contribution in [1.82, 2.24) is 0 Å². The maximum atomic E-state index is 11.2. The first kappa shape index (κ1) is 17.8. The Balaban J connectivity index is 3.28. The largest absolute Gasteiger partial charge is 0.468 e. The van der Waals surface area contributed by atoms with Crippen LogP contribution in [0.3, 0.4) is 0 Å². The predicted molar refractivity (Wildman–Crippen MR) is 87.4 cm³/mol. The normalized spacial score (nSPS) is 14.7. The monoisotopic (exact) mass is 305 g/mol. The van der Waals surface area contributed by atoms with Gasteiger partial charge in [0.15, 0.2) is 0 Å². The van der Waals surface area contributed by atoms with Gasteiger partial charge in [0.1, 0.15) is 5.35 Å². The molecule has 0 bridgehead atoms. The standard InChI is InChI=1S/C17H33ClO2/c1-3-4-5-6-7-8-9-10-11-12-13-14-15-16(18)17(19)20-2/h16H,3-15H2,1-2H3/i16D. The molecule has 0 radical (unpaired) electrons. The van der Waals surface area contributed by atoms with E-state index in [1.165, 1.54) is 71.3 Å². The minimum absolute atomic E-state index is 0.374. The van der Waals surface area contributed by atoms with Crippen molar-refractivity contribution in [2.45, 2.75) is 95.7 Å². The average Bonchev–Trinajstić information content (AvgIpc) is 2.47. The Hall–Kier alpha value is -0.240. The molecule has 0 aliphatic heterocycles. The summed E-state index contributed by atoms with van der Waals surface area (Å²) in [5.41, 5.74) is 0. The van der Waals surface area contributed by atoms with E-state index in [9.17, 15) is 4.79 Å². The number of rotatable bonds is 14. The minimum atomic E-state index is -1.59. The molecule has 0 spiro atoms. The van der Waals surface area contributed by atoms with Gasteiger partial charge in [-0.1, -0.05) is 84.0 Å². The first-order chi connectivity index (χ1) is 10.0. The SMILES string of the molecule is [2H]C(Cl)(CCCCCCCCCCCCCC)C(=O)OC. The van der Waals surface area contributed by atoms with E-state index in [0.717, 1.165) is 12.8 Å². The molecule has 0 aromatic rings. The lowest BCUT2D eigenvalue weighted by molar-refractivity contribution is -0.140. The second-order valence-electron chi connectivity index (χ2n) is 5.54. The Morgan fingerprint density at radius 2 is 1.35 bits per heavy atom. The molecular formula is C17H33ClO2. The number of carbonyl (C=O) groups excluding carboxylic acids is 1. The van der Waals surface area contributed by atoms with Crippen LogP contribution in [0.4, 0.5) is 0 Å². The van der Waals surface area contributed by atoms with E-state index in [4.69, 9.17) is 13.0 Å². The second-order valence-corrected chi connectivity index (χ2v) is 5.99. The van der Waals surface area contributed by atoms with Gasteiger partial charge in [0.25, 0.3) is 0 Å². The highest BCUT2D eigenvalue weighted by Crippen LogP contribution is 2.14. The maximum Gasteiger partial charge on any atom is 0.323 e. The molecule has 0 N–H and O–H groups in total. The van der Waals surface area contributed by atoms with E-state index >= 15 is 0 Å². The summed E-state index contributed by atoms with van der Waals surface area (Å²) in [6, 6.07) is 0. The van der Waals surface area contributed by atoms with E-state index < -0.39 is 11.3 Å². The molecule has 0 fully saturated rings. The zero-order valence-electron chi connectivity index (χ0n) is 14.4. The highest BCUT2D eigenvalue weighted by molar-refractivity contribution is 6.29. The molecule has 0 aliphatic carbocycles. The molecule has 0 aromatic carbocycles. The first-order valence-corrected chi connectivity index (χ1v) is 8.69. The van der Waals surface area contributed by atoms with Gasteiger partial charge in [-0.2, -0.15) is 0 Å². The van der Waals surface area contributed by atoms with Crippen LogP contribution < -0.4 is 0 Å². The van der Waals surface area contributed by atoms with Gasteiger partial charge in [-0.25, -0.2) is 0 Å².